The van der Waals surface area contributed by atoms with E-state index in [9.17, 15) is 0 Å². The van der Waals surface area contributed by atoms with E-state index in [4.69, 9.17) is 0 Å². The molecule has 2 nitrogen and oxygen atoms in total. The quantitative estimate of drug-likeness (QED) is 0.165. The third kappa shape index (κ3) is 5.40. The van der Waals surface area contributed by atoms with Gasteiger partial charge < -0.3 is 9.47 Å². The van der Waals surface area contributed by atoms with E-state index in [1.807, 2.05) is 0 Å². The summed E-state index contributed by atoms with van der Waals surface area (Å²) in [4.78, 5) is 2.41. The predicted octanol–water partition coefficient (Wildman–Crippen LogP) is 15.0. The van der Waals surface area contributed by atoms with Crippen molar-refractivity contribution in [2.75, 3.05) is 4.90 Å². The fraction of sp³-hybridized carbons (Fsp3) is 0.0545. The van der Waals surface area contributed by atoms with E-state index in [-0.39, 0.29) is 5.41 Å². The van der Waals surface area contributed by atoms with E-state index in [1.165, 1.54) is 82.8 Å². The first kappa shape index (κ1) is 33.2. The standard InChI is InChI=1S/C55H40N2/c1-55(2)51-19-11-9-17-47(51)48-31-30-46(36-52(48)55)56(44-27-23-38(24-28-44)37-13-5-3-6-14-37)45-29-25-40-33-39(21-22-41(40)34-45)42-26-32-54-50(35-42)49-18-10-12-20-53(49)57(54)43-15-7-4-8-16-43/h3-36H,1-2H3. The highest BCUT2D eigenvalue weighted by molar-refractivity contribution is 6.10. The Morgan fingerprint density at radius 1 is 0.368 bits per heavy atom. The van der Waals surface area contributed by atoms with Crippen molar-refractivity contribution >= 4 is 49.6 Å². The van der Waals surface area contributed by atoms with Crippen LogP contribution in [0.2, 0.25) is 0 Å². The highest BCUT2D eigenvalue weighted by Gasteiger charge is 2.35. The molecule has 9 aromatic carbocycles. The van der Waals surface area contributed by atoms with E-state index < -0.39 is 0 Å². The third-order valence-electron chi connectivity index (χ3n) is 12.2. The van der Waals surface area contributed by atoms with Gasteiger partial charge in [0.1, 0.15) is 0 Å². The molecule has 0 saturated carbocycles. The molecule has 10 aromatic rings. The van der Waals surface area contributed by atoms with Gasteiger partial charge in [0.05, 0.1) is 11.0 Å². The molecule has 11 rings (SSSR count). The summed E-state index contributed by atoms with van der Waals surface area (Å²) >= 11 is 0. The summed E-state index contributed by atoms with van der Waals surface area (Å²) in [6.45, 7) is 4.71. The number of hydrogen-bond acceptors (Lipinski definition) is 1. The summed E-state index contributed by atoms with van der Waals surface area (Å²) in [5, 5.41) is 4.95. The number of aromatic nitrogens is 1. The molecule has 0 aliphatic heterocycles. The Bertz CT molecular complexity index is 3130. The molecule has 1 heterocycles. The van der Waals surface area contributed by atoms with Gasteiger partial charge in [-0.25, -0.2) is 0 Å². The molecule has 0 unspecified atom stereocenters. The van der Waals surface area contributed by atoms with Gasteiger partial charge in [-0.2, -0.15) is 0 Å². The Morgan fingerprint density at radius 3 is 1.77 bits per heavy atom. The molecule has 0 fully saturated rings. The molecule has 0 N–H and O–H groups in total. The molecule has 0 spiro atoms. The van der Waals surface area contributed by atoms with E-state index in [2.05, 4.69) is 230 Å². The molecule has 1 aliphatic carbocycles. The minimum Gasteiger partial charge on any atom is -0.310 e. The molecule has 0 bridgehead atoms. The first-order valence-corrected chi connectivity index (χ1v) is 19.8. The van der Waals surface area contributed by atoms with Crippen molar-refractivity contribution in [3.05, 3.63) is 217 Å². The number of rotatable bonds is 6. The molecule has 2 heteroatoms. The molecule has 0 radical (unpaired) electrons. The number of nitrogens with zero attached hydrogens (tertiary/aromatic N) is 2. The first-order valence-electron chi connectivity index (χ1n) is 19.8. The zero-order valence-corrected chi connectivity index (χ0v) is 32.0. The lowest BCUT2D eigenvalue weighted by Crippen LogP contribution is -2.16. The number of anilines is 3. The van der Waals surface area contributed by atoms with Crippen LogP contribution in [-0.4, -0.2) is 4.57 Å². The van der Waals surface area contributed by atoms with E-state index >= 15 is 0 Å². The lowest BCUT2D eigenvalue weighted by molar-refractivity contribution is 0.660. The van der Waals surface area contributed by atoms with Gasteiger partial charge in [0.25, 0.3) is 0 Å². The van der Waals surface area contributed by atoms with Crippen LogP contribution in [0.4, 0.5) is 17.1 Å². The molecule has 0 atom stereocenters. The van der Waals surface area contributed by atoms with Gasteiger partial charge in [-0.15, -0.1) is 0 Å². The van der Waals surface area contributed by atoms with Crippen LogP contribution in [0, 0.1) is 0 Å². The summed E-state index contributed by atoms with van der Waals surface area (Å²) in [7, 11) is 0. The van der Waals surface area contributed by atoms with Gasteiger partial charge >= 0.3 is 0 Å². The maximum absolute atomic E-state index is 2.42. The molecule has 270 valence electrons. The smallest absolute Gasteiger partial charge is 0.0541 e. The van der Waals surface area contributed by atoms with Crippen LogP contribution in [-0.2, 0) is 5.41 Å². The number of para-hydroxylation sites is 2. The molecule has 57 heavy (non-hydrogen) atoms. The van der Waals surface area contributed by atoms with E-state index in [1.54, 1.807) is 0 Å². The highest BCUT2D eigenvalue weighted by Crippen LogP contribution is 2.51. The van der Waals surface area contributed by atoms with Crippen molar-refractivity contribution in [2.24, 2.45) is 0 Å². The van der Waals surface area contributed by atoms with Gasteiger partial charge in [-0.3, -0.25) is 0 Å². The average Bonchev–Trinajstić information content (AvgIpc) is 3.72. The Kier molecular flexibility index (Phi) is 7.55. The van der Waals surface area contributed by atoms with E-state index in [0.717, 1.165) is 17.1 Å². The van der Waals surface area contributed by atoms with Crippen molar-refractivity contribution in [3.8, 4) is 39.1 Å². The first-order chi connectivity index (χ1) is 28.0. The second-order valence-electron chi connectivity index (χ2n) is 15.8. The molecule has 1 aromatic heterocycles. The Hall–Kier alpha value is -7.16. The maximum Gasteiger partial charge on any atom is 0.0541 e. The van der Waals surface area contributed by atoms with Crippen LogP contribution in [0.3, 0.4) is 0 Å². The van der Waals surface area contributed by atoms with Gasteiger partial charge in [0.2, 0.25) is 0 Å². The average molecular weight is 729 g/mol. The van der Waals surface area contributed by atoms with Crippen molar-refractivity contribution < 1.29 is 0 Å². The lowest BCUT2D eigenvalue weighted by atomic mass is 9.82. The SMILES string of the molecule is CC1(C)c2ccccc2-c2ccc(N(c3ccc(-c4ccccc4)cc3)c3ccc4cc(-c5ccc6c(c5)c5ccccc5n6-c5ccccc5)ccc4c3)cc21. The van der Waals surface area contributed by atoms with Crippen LogP contribution in [0.5, 0.6) is 0 Å². The molecular formula is C55H40N2. The molecule has 0 saturated heterocycles. The van der Waals surface area contributed by atoms with E-state index in [0.29, 0.717) is 0 Å². The van der Waals surface area contributed by atoms with Gasteiger partial charge in [0, 0.05) is 38.9 Å². The van der Waals surface area contributed by atoms with Crippen LogP contribution in [0.1, 0.15) is 25.0 Å². The minimum atomic E-state index is -0.0932. The summed E-state index contributed by atoms with van der Waals surface area (Å²) in [5.41, 5.74) is 17.2. The molecular weight excluding hydrogens is 689 g/mol. The van der Waals surface area contributed by atoms with Crippen LogP contribution < -0.4 is 4.90 Å². The van der Waals surface area contributed by atoms with Gasteiger partial charge in [-0.1, -0.05) is 147 Å². The predicted molar refractivity (Wildman–Crippen MR) is 241 cm³/mol. The number of hydrogen-bond donors (Lipinski definition) is 0. The number of benzene rings is 9. The summed E-state index contributed by atoms with van der Waals surface area (Å²) in [6.07, 6.45) is 0. The summed E-state index contributed by atoms with van der Waals surface area (Å²) in [6, 6.07) is 75.6. The van der Waals surface area contributed by atoms with Crippen molar-refractivity contribution in [3.63, 3.8) is 0 Å². The van der Waals surface area contributed by atoms with Crippen molar-refractivity contribution in [2.45, 2.75) is 19.3 Å². The Balaban J connectivity index is 1.01. The lowest BCUT2D eigenvalue weighted by Gasteiger charge is -2.28. The topological polar surface area (TPSA) is 8.17 Å². The fourth-order valence-corrected chi connectivity index (χ4v) is 9.27. The van der Waals surface area contributed by atoms with Gasteiger partial charge in [0.15, 0.2) is 0 Å². The monoisotopic (exact) mass is 728 g/mol. The molecule has 1 aliphatic rings. The highest BCUT2D eigenvalue weighted by atomic mass is 15.1. The van der Waals surface area contributed by atoms with Crippen LogP contribution in [0.25, 0.3) is 71.6 Å². The fourth-order valence-electron chi connectivity index (χ4n) is 9.27. The second-order valence-corrected chi connectivity index (χ2v) is 15.8. The maximum atomic E-state index is 2.42. The van der Waals surface area contributed by atoms with Crippen molar-refractivity contribution in [1.82, 2.24) is 4.57 Å². The van der Waals surface area contributed by atoms with Crippen molar-refractivity contribution in [1.29, 1.82) is 0 Å². The number of fused-ring (bicyclic) bond motifs is 7. The Morgan fingerprint density at radius 2 is 0.930 bits per heavy atom. The zero-order valence-electron chi connectivity index (χ0n) is 32.0. The second kappa shape index (κ2) is 13.0. The Labute approximate surface area is 333 Å². The zero-order chi connectivity index (χ0) is 38.1. The largest absolute Gasteiger partial charge is 0.310 e. The summed E-state index contributed by atoms with van der Waals surface area (Å²) < 4.78 is 2.37. The third-order valence-corrected chi connectivity index (χ3v) is 12.2. The normalized spacial score (nSPS) is 12.9. The van der Waals surface area contributed by atoms with Crippen LogP contribution in [0.15, 0.2) is 206 Å². The minimum absolute atomic E-state index is 0.0932. The summed E-state index contributed by atoms with van der Waals surface area (Å²) in [5.74, 6) is 0. The van der Waals surface area contributed by atoms with Gasteiger partial charge in [-0.05, 0) is 128 Å². The van der Waals surface area contributed by atoms with Crippen LogP contribution >= 0.6 is 0 Å². The molecule has 0 amide bonds.